The molecule has 4 heteroatoms. The van der Waals surface area contributed by atoms with Crippen LogP contribution in [0.5, 0.6) is 0 Å². The van der Waals surface area contributed by atoms with E-state index in [1.54, 1.807) is 0 Å². The molecule has 1 aliphatic heterocycles. The molecule has 1 unspecified atom stereocenters. The zero-order chi connectivity index (χ0) is 14.2. The van der Waals surface area contributed by atoms with E-state index in [0.29, 0.717) is 5.92 Å². The number of fused-ring (bicyclic) bond motifs is 2. The highest BCUT2D eigenvalue weighted by Crippen LogP contribution is 2.30. The highest BCUT2D eigenvalue weighted by atomic mass is 16.3. The Hall–Kier alpha value is -2.20. The van der Waals surface area contributed by atoms with E-state index in [9.17, 15) is 5.11 Å². The minimum absolute atomic E-state index is 0.229. The summed E-state index contributed by atoms with van der Waals surface area (Å²) in [6, 6.07) is 14.6. The number of hydrogen-bond donors (Lipinski definition) is 1. The van der Waals surface area contributed by atoms with Crippen LogP contribution in [-0.2, 0) is 13.0 Å². The number of rotatable bonds is 2. The second kappa shape index (κ2) is 4.97. The van der Waals surface area contributed by atoms with Gasteiger partial charge >= 0.3 is 0 Å². The fourth-order valence-corrected chi connectivity index (χ4v) is 3.16. The molecule has 21 heavy (non-hydrogen) atoms. The molecule has 3 aromatic rings. The van der Waals surface area contributed by atoms with Crippen LogP contribution < -0.4 is 0 Å². The van der Waals surface area contributed by atoms with E-state index in [1.807, 2.05) is 6.07 Å². The van der Waals surface area contributed by atoms with Crippen molar-refractivity contribution < 1.29 is 5.11 Å². The lowest BCUT2D eigenvalue weighted by Crippen LogP contribution is -2.23. The van der Waals surface area contributed by atoms with Gasteiger partial charge in [-0.15, -0.1) is 10.2 Å². The normalized spacial score (nSPS) is 17.9. The summed E-state index contributed by atoms with van der Waals surface area (Å²) in [5.74, 6) is 2.25. The molecule has 1 aromatic heterocycles. The van der Waals surface area contributed by atoms with Crippen LogP contribution in [0.15, 0.2) is 42.5 Å². The van der Waals surface area contributed by atoms with E-state index >= 15 is 0 Å². The highest BCUT2D eigenvalue weighted by molar-refractivity contribution is 5.95. The minimum Gasteiger partial charge on any atom is -0.396 e. The lowest BCUT2D eigenvalue weighted by molar-refractivity contribution is 0.191. The van der Waals surface area contributed by atoms with Gasteiger partial charge in [0.2, 0.25) is 0 Å². The molecule has 0 saturated heterocycles. The first-order valence-corrected chi connectivity index (χ1v) is 7.38. The molecule has 4 nitrogen and oxygen atoms in total. The molecule has 0 aliphatic carbocycles. The zero-order valence-corrected chi connectivity index (χ0v) is 11.7. The van der Waals surface area contributed by atoms with Crippen molar-refractivity contribution >= 4 is 10.8 Å². The van der Waals surface area contributed by atoms with Crippen LogP contribution in [0, 0.1) is 5.92 Å². The number of hydrogen-bond acceptors (Lipinski definition) is 3. The Labute approximate surface area is 123 Å². The van der Waals surface area contributed by atoms with Crippen molar-refractivity contribution in [1.29, 1.82) is 0 Å². The van der Waals surface area contributed by atoms with Crippen molar-refractivity contribution in [2.75, 3.05) is 6.61 Å². The van der Waals surface area contributed by atoms with Gasteiger partial charge in [-0.3, -0.25) is 0 Å². The van der Waals surface area contributed by atoms with Gasteiger partial charge < -0.3 is 9.67 Å². The number of nitrogens with zero attached hydrogens (tertiary/aromatic N) is 3. The number of aromatic nitrogens is 3. The van der Waals surface area contributed by atoms with E-state index in [1.165, 1.54) is 10.8 Å². The molecule has 106 valence electrons. The maximum absolute atomic E-state index is 9.43. The van der Waals surface area contributed by atoms with Gasteiger partial charge in [-0.05, 0) is 17.2 Å². The van der Waals surface area contributed by atoms with E-state index in [-0.39, 0.29) is 6.61 Å². The zero-order valence-electron chi connectivity index (χ0n) is 11.7. The molecule has 2 heterocycles. The van der Waals surface area contributed by atoms with Gasteiger partial charge in [-0.1, -0.05) is 42.5 Å². The molecule has 0 radical (unpaired) electrons. The monoisotopic (exact) mass is 279 g/mol. The van der Waals surface area contributed by atoms with Gasteiger partial charge in [0.25, 0.3) is 0 Å². The number of benzene rings is 2. The van der Waals surface area contributed by atoms with E-state index in [4.69, 9.17) is 0 Å². The first kappa shape index (κ1) is 12.5. The summed E-state index contributed by atoms with van der Waals surface area (Å²) in [5, 5.41) is 20.6. The second-order valence-corrected chi connectivity index (χ2v) is 5.66. The summed E-state index contributed by atoms with van der Waals surface area (Å²) in [4.78, 5) is 0. The molecule has 0 fully saturated rings. The molecule has 0 amide bonds. The standard InChI is InChI=1S/C17H17N3O/c21-11-12-8-9-16-18-19-17(20(16)10-12)15-7-3-5-13-4-1-2-6-14(13)15/h1-7,12,21H,8-11H2. The lowest BCUT2D eigenvalue weighted by Gasteiger charge is -2.22. The van der Waals surface area contributed by atoms with Crippen molar-refractivity contribution in [2.24, 2.45) is 5.92 Å². The van der Waals surface area contributed by atoms with Crippen molar-refractivity contribution in [3.05, 3.63) is 48.3 Å². The maximum Gasteiger partial charge on any atom is 0.164 e. The summed E-state index contributed by atoms with van der Waals surface area (Å²) in [5.41, 5.74) is 1.12. The van der Waals surface area contributed by atoms with E-state index < -0.39 is 0 Å². The Balaban J connectivity index is 1.89. The van der Waals surface area contributed by atoms with Crippen molar-refractivity contribution in [3.8, 4) is 11.4 Å². The third-order valence-corrected chi connectivity index (χ3v) is 4.33. The molecular weight excluding hydrogens is 262 g/mol. The summed E-state index contributed by atoms with van der Waals surface area (Å²) in [7, 11) is 0. The number of aliphatic hydroxyl groups is 1. The first-order valence-electron chi connectivity index (χ1n) is 7.38. The summed E-state index contributed by atoms with van der Waals surface area (Å²) >= 11 is 0. The Morgan fingerprint density at radius 1 is 1.10 bits per heavy atom. The van der Waals surface area contributed by atoms with Crippen LogP contribution in [-0.4, -0.2) is 26.5 Å². The maximum atomic E-state index is 9.43. The summed E-state index contributed by atoms with van der Waals surface area (Å²) in [6.45, 7) is 1.03. The van der Waals surface area contributed by atoms with Gasteiger partial charge in [-0.2, -0.15) is 0 Å². The van der Waals surface area contributed by atoms with Gasteiger partial charge in [-0.25, -0.2) is 0 Å². The lowest BCUT2D eigenvalue weighted by atomic mass is 9.99. The molecule has 1 atom stereocenters. The van der Waals surface area contributed by atoms with E-state index in [2.05, 4.69) is 51.2 Å². The van der Waals surface area contributed by atoms with Gasteiger partial charge in [0.05, 0.1) is 0 Å². The van der Waals surface area contributed by atoms with Crippen molar-refractivity contribution in [3.63, 3.8) is 0 Å². The largest absolute Gasteiger partial charge is 0.396 e. The third-order valence-electron chi connectivity index (χ3n) is 4.33. The van der Waals surface area contributed by atoms with Gasteiger partial charge in [0, 0.05) is 31.1 Å². The molecule has 2 aromatic carbocycles. The molecule has 0 saturated carbocycles. The Kier molecular flexibility index (Phi) is 2.97. The second-order valence-electron chi connectivity index (χ2n) is 5.66. The van der Waals surface area contributed by atoms with Crippen LogP contribution >= 0.6 is 0 Å². The van der Waals surface area contributed by atoms with Crippen LogP contribution in [0.1, 0.15) is 12.2 Å². The predicted octanol–water partition coefficient (Wildman–Crippen LogP) is 2.65. The minimum atomic E-state index is 0.229. The molecule has 0 spiro atoms. The summed E-state index contributed by atoms with van der Waals surface area (Å²) < 4.78 is 2.17. The quantitative estimate of drug-likeness (QED) is 0.784. The third kappa shape index (κ3) is 2.03. The Morgan fingerprint density at radius 2 is 1.95 bits per heavy atom. The molecule has 4 rings (SSSR count). The molecule has 0 bridgehead atoms. The number of aliphatic hydroxyl groups excluding tert-OH is 1. The molecule has 1 aliphatic rings. The predicted molar refractivity (Wildman–Crippen MR) is 81.9 cm³/mol. The number of aryl methyl sites for hydroxylation is 1. The van der Waals surface area contributed by atoms with Crippen LogP contribution in [0.25, 0.3) is 22.2 Å². The summed E-state index contributed by atoms with van der Waals surface area (Å²) in [6.07, 6.45) is 1.88. The topological polar surface area (TPSA) is 50.9 Å². The van der Waals surface area contributed by atoms with Gasteiger partial charge in [0.15, 0.2) is 5.82 Å². The SMILES string of the molecule is OCC1CCc2nnc(-c3cccc4ccccc34)n2C1. The fraction of sp³-hybridized carbons (Fsp3) is 0.294. The smallest absolute Gasteiger partial charge is 0.164 e. The van der Waals surface area contributed by atoms with Crippen molar-refractivity contribution in [1.82, 2.24) is 14.8 Å². The Morgan fingerprint density at radius 3 is 2.86 bits per heavy atom. The first-order chi connectivity index (χ1) is 10.4. The molecule has 1 N–H and O–H groups in total. The average molecular weight is 279 g/mol. The highest BCUT2D eigenvalue weighted by Gasteiger charge is 2.23. The van der Waals surface area contributed by atoms with Gasteiger partial charge in [0.1, 0.15) is 5.82 Å². The average Bonchev–Trinajstić information content (AvgIpc) is 2.97. The van der Waals surface area contributed by atoms with Crippen LogP contribution in [0.2, 0.25) is 0 Å². The van der Waals surface area contributed by atoms with E-state index in [0.717, 1.165) is 36.6 Å². The van der Waals surface area contributed by atoms with Crippen LogP contribution in [0.4, 0.5) is 0 Å². The van der Waals surface area contributed by atoms with Crippen LogP contribution in [0.3, 0.4) is 0 Å². The fourth-order valence-electron chi connectivity index (χ4n) is 3.16. The molecular formula is C17H17N3O. The van der Waals surface area contributed by atoms with Crippen molar-refractivity contribution in [2.45, 2.75) is 19.4 Å². The Bertz CT molecular complexity index is 788.